The van der Waals surface area contributed by atoms with Crippen molar-refractivity contribution in [1.29, 1.82) is 0 Å². The first-order valence-electron chi connectivity index (χ1n) is 6.04. The molecule has 96 valence electrons. The molecule has 1 atom stereocenters. The molecule has 0 aliphatic rings. The first kappa shape index (κ1) is 14.4. The van der Waals surface area contributed by atoms with Crippen LogP contribution in [0, 0.1) is 0 Å². The molecule has 2 nitrogen and oxygen atoms in total. The van der Waals surface area contributed by atoms with Gasteiger partial charge in [-0.2, -0.15) is 11.8 Å². The fourth-order valence-electron chi connectivity index (χ4n) is 1.60. The van der Waals surface area contributed by atoms with Gasteiger partial charge in [0.2, 0.25) is 0 Å². The maximum Gasteiger partial charge on any atom is 0.122 e. The Hall–Kier alpha value is -0.670. The van der Waals surface area contributed by atoms with Crippen LogP contribution in [-0.4, -0.2) is 19.4 Å². The highest BCUT2D eigenvalue weighted by molar-refractivity contribution is 7.99. The van der Waals surface area contributed by atoms with E-state index < -0.39 is 0 Å². The fraction of sp³-hybridized carbons (Fsp3) is 0.571. The van der Waals surface area contributed by atoms with Crippen LogP contribution in [0.1, 0.15) is 37.9 Å². The number of nitrogens with one attached hydrogen (secondary N) is 1. The number of hydrogen-bond donors (Lipinski definition) is 1. The van der Waals surface area contributed by atoms with Crippen molar-refractivity contribution in [3.8, 4) is 5.75 Å². The molecule has 1 aromatic carbocycles. The van der Waals surface area contributed by atoms with E-state index in [0.29, 0.717) is 11.3 Å². The zero-order valence-corrected chi connectivity index (χ0v) is 12.2. The van der Waals surface area contributed by atoms with Gasteiger partial charge in [-0.05, 0) is 36.9 Å². The molecule has 0 aliphatic heterocycles. The predicted molar refractivity (Wildman–Crippen MR) is 76.9 cm³/mol. The largest absolute Gasteiger partial charge is 0.496 e. The van der Waals surface area contributed by atoms with Crippen LogP contribution >= 0.6 is 11.8 Å². The minimum absolute atomic E-state index is 0.378. The highest BCUT2D eigenvalue weighted by Crippen LogP contribution is 2.28. The van der Waals surface area contributed by atoms with Gasteiger partial charge in [0, 0.05) is 17.4 Å². The van der Waals surface area contributed by atoms with E-state index in [1.54, 1.807) is 7.11 Å². The first-order chi connectivity index (χ1) is 8.08. The van der Waals surface area contributed by atoms with Gasteiger partial charge in [0.15, 0.2) is 0 Å². The molecule has 0 saturated carbocycles. The summed E-state index contributed by atoms with van der Waals surface area (Å²) in [6.07, 6.45) is 0. The Morgan fingerprint density at radius 1 is 1.29 bits per heavy atom. The lowest BCUT2D eigenvalue weighted by atomic mass is 10.1. The van der Waals surface area contributed by atoms with Crippen molar-refractivity contribution in [1.82, 2.24) is 5.32 Å². The molecule has 0 radical (unpaired) electrons. The van der Waals surface area contributed by atoms with E-state index in [4.69, 9.17) is 4.74 Å². The Morgan fingerprint density at radius 2 is 2.00 bits per heavy atom. The zero-order valence-electron chi connectivity index (χ0n) is 11.4. The van der Waals surface area contributed by atoms with Crippen LogP contribution in [0.5, 0.6) is 5.75 Å². The summed E-state index contributed by atoms with van der Waals surface area (Å²) < 4.78 is 5.41. The molecule has 3 heteroatoms. The van der Waals surface area contributed by atoms with Gasteiger partial charge in [0.25, 0.3) is 0 Å². The van der Waals surface area contributed by atoms with Crippen molar-refractivity contribution in [2.24, 2.45) is 0 Å². The van der Waals surface area contributed by atoms with Gasteiger partial charge in [0.05, 0.1) is 7.11 Å². The smallest absolute Gasteiger partial charge is 0.122 e. The third kappa shape index (κ3) is 4.25. The van der Waals surface area contributed by atoms with Crippen LogP contribution in [0.2, 0.25) is 0 Å². The average Bonchev–Trinajstić information content (AvgIpc) is 2.34. The molecule has 1 aromatic rings. The molecule has 17 heavy (non-hydrogen) atoms. The van der Waals surface area contributed by atoms with Gasteiger partial charge < -0.3 is 10.1 Å². The van der Waals surface area contributed by atoms with Crippen molar-refractivity contribution >= 4 is 11.8 Å². The molecule has 0 amide bonds. The Bertz CT molecular complexity index is 352. The average molecular weight is 253 g/mol. The van der Waals surface area contributed by atoms with Gasteiger partial charge in [-0.3, -0.25) is 0 Å². The van der Waals surface area contributed by atoms with Crippen molar-refractivity contribution in [3.05, 3.63) is 29.3 Å². The second-order valence-corrected chi connectivity index (χ2v) is 6.01. The highest BCUT2D eigenvalue weighted by atomic mass is 32.2. The van der Waals surface area contributed by atoms with E-state index in [1.807, 2.05) is 18.8 Å². The number of methoxy groups -OCH3 is 1. The molecule has 0 heterocycles. The van der Waals surface area contributed by atoms with Gasteiger partial charge in [-0.25, -0.2) is 0 Å². The SMILES string of the molecule is CNC(C)c1ccc(OC)c(CSC(C)C)c1. The van der Waals surface area contributed by atoms with Gasteiger partial charge in [-0.15, -0.1) is 0 Å². The summed E-state index contributed by atoms with van der Waals surface area (Å²) in [5, 5.41) is 3.91. The molecule has 1 unspecified atom stereocenters. The summed E-state index contributed by atoms with van der Waals surface area (Å²) in [6, 6.07) is 6.82. The van der Waals surface area contributed by atoms with Crippen molar-refractivity contribution < 1.29 is 4.74 Å². The second kappa shape index (κ2) is 6.92. The summed E-state index contributed by atoms with van der Waals surface area (Å²) in [6.45, 7) is 6.61. The molecule has 0 spiro atoms. The minimum Gasteiger partial charge on any atom is -0.496 e. The maximum absolute atomic E-state index is 5.41. The van der Waals surface area contributed by atoms with Gasteiger partial charge in [-0.1, -0.05) is 19.9 Å². The highest BCUT2D eigenvalue weighted by Gasteiger charge is 2.09. The standard InChI is InChI=1S/C14H23NOS/c1-10(2)17-9-13-8-12(11(3)15-4)6-7-14(13)16-5/h6-8,10-11,15H,9H2,1-5H3. The van der Waals surface area contributed by atoms with E-state index in [9.17, 15) is 0 Å². The number of hydrogen-bond acceptors (Lipinski definition) is 3. The lowest BCUT2D eigenvalue weighted by Gasteiger charge is -2.15. The lowest BCUT2D eigenvalue weighted by Crippen LogP contribution is -2.12. The quantitative estimate of drug-likeness (QED) is 0.836. The molecule has 0 fully saturated rings. The molecule has 0 aliphatic carbocycles. The van der Waals surface area contributed by atoms with Gasteiger partial charge >= 0.3 is 0 Å². The topological polar surface area (TPSA) is 21.3 Å². The molecule has 1 N–H and O–H groups in total. The van der Waals surface area contributed by atoms with Crippen molar-refractivity contribution in [2.75, 3.05) is 14.2 Å². The van der Waals surface area contributed by atoms with Crippen molar-refractivity contribution in [3.63, 3.8) is 0 Å². The van der Waals surface area contributed by atoms with Gasteiger partial charge in [0.1, 0.15) is 5.75 Å². The van der Waals surface area contributed by atoms with Crippen LogP contribution in [0.25, 0.3) is 0 Å². The summed E-state index contributed by atoms with van der Waals surface area (Å²) in [5.41, 5.74) is 2.60. The van der Waals surface area contributed by atoms with Crippen LogP contribution in [0.4, 0.5) is 0 Å². The lowest BCUT2D eigenvalue weighted by molar-refractivity contribution is 0.411. The summed E-state index contributed by atoms with van der Waals surface area (Å²) in [5.74, 6) is 2.00. The van der Waals surface area contributed by atoms with E-state index in [1.165, 1.54) is 11.1 Å². The van der Waals surface area contributed by atoms with Crippen molar-refractivity contribution in [2.45, 2.75) is 37.8 Å². The number of ether oxygens (including phenoxy) is 1. The fourth-order valence-corrected chi connectivity index (χ4v) is 2.34. The Kier molecular flexibility index (Phi) is 5.86. The Morgan fingerprint density at radius 3 is 2.53 bits per heavy atom. The minimum atomic E-state index is 0.378. The first-order valence-corrected chi connectivity index (χ1v) is 7.09. The normalized spacial score (nSPS) is 12.8. The predicted octanol–water partition coefficient (Wildman–Crippen LogP) is 3.62. The molecule has 0 bridgehead atoms. The van der Waals surface area contributed by atoms with Crippen LogP contribution in [0.3, 0.4) is 0 Å². The third-order valence-corrected chi connectivity index (χ3v) is 3.95. The van der Waals surface area contributed by atoms with E-state index in [2.05, 4.69) is 44.3 Å². The molecule has 0 saturated heterocycles. The number of benzene rings is 1. The third-order valence-electron chi connectivity index (χ3n) is 2.81. The zero-order chi connectivity index (χ0) is 12.8. The number of rotatable bonds is 6. The molecular weight excluding hydrogens is 230 g/mol. The summed E-state index contributed by atoms with van der Waals surface area (Å²) in [7, 11) is 3.72. The van der Waals surface area contributed by atoms with E-state index in [-0.39, 0.29) is 0 Å². The Balaban J connectivity index is 2.90. The van der Waals surface area contributed by atoms with E-state index >= 15 is 0 Å². The molecular formula is C14H23NOS. The number of thioether (sulfide) groups is 1. The summed E-state index contributed by atoms with van der Waals surface area (Å²) >= 11 is 1.94. The molecule has 1 rings (SSSR count). The summed E-state index contributed by atoms with van der Waals surface area (Å²) in [4.78, 5) is 0. The second-order valence-electron chi connectivity index (χ2n) is 4.44. The van der Waals surface area contributed by atoms with Crippen LogP contribution < -0.4 is 10.1 Å². The van der Waals surface area contributed by atoms with E-state index in [0.717, 1.165) is 11.5 Å². The monoisotopic (exact) mass is 253 g/mol. The molecule has 0 aromatic heterocycles. The van der Waals surface area contributed by atoms with Crippen LogP contribution in [-0.2, 0) is 5.75 Å². The maximum atomic E-state index is 5.41. The van der Waals surface area contributed by atoms with Crippen LogP contribution in [0.15, 0.2) is 18.2 Å². The Labute approximate surface area is 109 Å².